The first-order valence-corrected chi connectivity index (χ1v) is 10.4. The number of thioether (sulfide) groups is 1. The minimum atomic E-state index is 0.670. The summed E-state index contributed by atoms with van der Waals surface area (Å²) in [4.78, 5) is 8.53. The van der Waals surface area contributed by atoms with Gasteiger partial charge in [0.05, 0.1) is 16.7 Å². The van der Waals surface area contributed by atoms with Crippen LogP contribution in [-0.2, 0) is 0 Å². The van der Waals surface area contributed by atoms with Gasteiger partial charge in [-0.3, -0.25) is 9.98 Å². The van der Waals surface area contributed by atoms with Gasteiger partial charge in [-0.2, -0.15) is 5.26 Å². The number of hydrogen-bond acceptors (Lipinski definition) is 4. The van der Waals surface area contributed by atoms with Crippen LogP contribution in [-0.4, -0.2) is 30.6 Å². The molecule has 138 valence electrons. The summed E-state index contributed by atoms with van der Waals surface area (Å²) in [5.74, 6) is 0. The SMILES string of the molecule is CC.CC=NC1CCCCC1.CN=C(SC)c1ccc(C#N)c(C)c1. The van der Waals surface area contributed by atoms with Gasteiger partial charge < -0.3 is 0 Å². The summed E-state index contributed by atoms with van der Waals surface area (Å²) in [7, 11) is 1.78. The standard InChI is InChI=1S/C11H12N2S.C8H15N.C2H6/c1-8-6-9(11(13-2)14-3)4-5-10(8)7-12;1-2-9-8-6-4-3-5-7-8;1-2/h4-6H,1-3H3;2,8H,3-7H2,1H3;1-2H3. The van der Waals surface area contributed by atoms with Crippen molar-refractivity contribution in [1.29, 1.82) is 5.26 Å². The molecule has 1 aliphatic rings. The highest BCUT2D eigenvalue weighted by Gasteiger charge is 2.09. The molecule has 3 nitrogen and oxygen atoms in total. The highest BCUT2D eigenvalue weighted by molar-refractivity contribution is 8.13. The minimum absolute atomic E-state index is 0.670. The fraction of sp³-hybridized carbons (Fsp3) is 0.571. The molecule has 0 unspecified atom stereocenters. The van der Waals surface area contributed by atoms with Gasteiger partial charge in [-0.25, -0.2) is 0 Å². The summed E-state index contributed by atoms with van der Waals surface area (Å²) in [6.45, 7) is 7.95. The zero-order valence-corrected chi connectivity index (χ0v) is 17.5. The van der Waals surface area contributed by atoms with Crippen molar-refractivity contribution in [3.63, 3.8) is 0 Å². The van der Waals surface area contributed by atoms with E-state index in [-0.39, 0.29) is 0 Å². The van der Waals surface area contributed by atoms with E-state index < -0.39 is 0 Å². The highest BCUT2D eigenvalue weighted by atomic mass is 32.2. The van der Waals surface area contributed by atoms with E-state index in [9.17, 15) is 0 Å². The molecule has 0 radical (unpaired) electrons. The van der Waals surface area contributed by atoms with Gasteiger partial charge in [0.2, 0.25) is 0 Å². The first-order valence-electron chi connectivity index (χ1n) is 9.16. The molecule has 1 fully saturated rings. The Hall–Kier alpha value is -1.60. The largest absolute Gasteiger partial charge is 0.295 e. The number of nitriles is 1. The molecule has 0 heterocycles. The Morgan fingerprint density at radius 3 is 2.32 bits per heavy atom. The van der Waals surface area contributed by atoms with E-state index in [4.69, 9.17) is 5.26 Å². The molecule has 25 heavy (non-hydrogen) atoms. The van der Waals surface area contributed by atoms with Gasteiger partial charge in [-0.15, -0.1) is 11.8 Å². The second-order valence-electron chi connectivity index (χ2n) is 5.57. The Bertz CT molecular complexity index is 579. The Morgan fingerprint density at radius 2 is 1.88 bits per heavy atom. The van der Waals surface area contributed by atoms with Crippen LogP contribution in [0.4, 0.5) is 0 Å². The quantitative estimate of drug-likeness (QED) is 0.477. The van der Waals surface area contributed by atoms with Gasteiger partial charge in [0.1, 0.15) is 0 Å². The molecule has 1 aromatic rings. The van der Waals surface area contributed by atoms with E-state index in [2.05, 4.69) is 16.1 Å². The molecule has 1 saturated carbocycles. The van der Waals surface area contributed by atoms with Crippen molar-refractivity contribution >= 4 is 23.0 Å². The van der Waals surface area contributed by atoms with Crippen LogP contribution in [0, 0.1) is 18.3 Å². The third-order valence-corrected chi connectivity index (χ3v) is 4.73. The van der Waals surface area contributed by atoms with Gasteiger partial charge >= 0.3 is 0 Å². The number of aryl methyl sites for hydroxylation is 1. The van der Waals surface area contributed by atoms with Crippen LogP contribution in [0.1, 0.15) is 69.6 Å². The second-order valence-corrected chi connectivity index (χ2v) is 6.37. The molecule has 0 atom stereocenters. The van der Waals surface area contributed by atoms with Crippen molar-refractivity contribution < 1.29 is 0 Å². The number of hydrogen-bond donors (Lipinski definition) is 0. The Morgan fingerprint density at radius 1 is 1.24 bits per heavy atom. The lowest BCUT2D eigenvalue weighted by molar-refractivity contribution is 0.444. The lowest BCUT2D eigenvalue weighted by atomic mass is 9.96. The summed E-state index contributed by atoms with van der Waals surface area (Å²) < 4.78 is 0. The predicted octanol–water partition coefficient (Wildman–Crippen LogP) is 6.04. The van der Waals surface area contributed by atoms with Gasteiger partial charge in [-0.05, 0) is 56.9 Å². The van der Waals surface area contributed by atoms with E-state index in [1.807, 2.05) is 58.4 Å². The smallest absolute Gasteiger partial charge is 0.0994 e. The summed E-state index contributed by atoms with van der Waals surface area (Å²) >= 11 is 1.61. The number of benzene rings is 1. The second kappa shape index (κ2) is 14.7. The van der Waals surface area contributed by atoms with E-state index in [0.29, 0.717) is 6.04 Å². The van der Waals surface area contributed by atoms with Crippen LogP contribution in [0.2, 0.25) is 0 Å². The molecule has 2 rings (SSSR count). The molecule has 0 aliphatic heterocycles. The maximum Gasteiger partial charge on any atom is 0.0994 e. The molecular formula is C21H33N3S. The van der Waals surface area contributed by atoms with Crippen LogP contribution >= 0.6 is 11.8 Å². The van der Waals surface area contributed by atoms with Crippen molar-refractivity contribution in [3.05, 3.63) is 34.9 Å². The van der Waals surface area contributed by atoms with Crippen LogP contribution in [0.15, 0.2) is 28.2 Å². The van der Waals surface area contributed by atoms with Crippen molar-refractivity contribution in [1.82, 2.24) is 0 Å². The van der Waals surface area contributed by atoms with Crippen LogP contribution in [0.25, 0.3) is 0 Å². The van der Waals surface area contributed by atoms with Gasteiger partial charge in [0, 0.05) is 18.7 Å². The molecular weight excluding hydrogens is 326 g/mol. The molecule has 1 aromatic carbocycles. The summed E-state index contributed by atoms with van der Waals surface area (Å²) in [6, 6.07) is 8.59. The average Bonchev–Trinajstić information content (AvgIpc) is 2.66. The summed E-state index contributed by atoms with van der Waals surface area (Å²) in [6.07, 6.45) is 10.8. The van der Waals surface area contributed by atoms with E-state index >= 15 is 0 Å². The zero-order valence-electron chi connectivity index (χ0n) is 16.7. The number of nitrogens with zero attached hydrogens (tertiary/aromatic N) is 3. The molecule has 0 saturated heterocycles. The summed E-state index contributed by atoms with van der Waals surface area (Å²) in [5, 5.41) is 9.77. The van der Waals surface area contributed by atoms with Gasteiger partial charge in [0.25, 0.3) is 0 Å². The maximum atomic E-state index is 8.78. The molecule has 0 amide bonds. The van der Waals surface area contributed by atoms with Crippen molar-refractivity contribution in [2.24, 2.45) is 9.98 Å². The van der Waals surface area contributed by atoms with E-state index in [1.54, 1.807) is 18.8 Å². The lowest BCUT2D eigenvalue weighted by Crippen LogP contribution is -2.08. The van der Waals surface area contributed by atoms with Crippen LogP contribution < -0.4 is 0 Å². The van der Waals surface area contributed by atoms with E-state index in [1.165, 1.54) is 32.1 Å². The maximum absolute atomic E-state index is 8.78. The summed E-state index contributed by atoms with van der Waals surface area (Å²) in [5.41, 5.74) is 2.81. The Balaban J connectivity index is 0.000000451. The Kier molecular flexibility index (Phi) is 13.8. The molecule has 1 aliphatic carbocycles. The average molecular weight is 360 g/mol. The molecule has 0 N–H and O–H groups in total. The van der Waals surface area contributed by atoms with Gasteiger partial charge in [-0.1, -0.05) is 39.2 Å². The number of rotatable bonds is 2. The molecule has 0 spiro atoms. The van der Waals surface area contributed by atoms with Crippen LogP contribution in [0.5, 0.6) is 0 Å². The van der Waals surface area contributed by atoms with Crippen LogP contribution in [0.3, 0.4) is 0 Å². The first kappa shape index (κ1) is 23.4. The van der Waals surface area contributed by atoms with Gasteiger partial charge in [0.15, 0.2) is 0 Å². The minimum Gasteiger partial charge on any atom is -0.295 e. The van der Waals surface area contributed by atoms with Crippen molar-refractivity contribution in [2.75, 3.05) is 13.3 Å². The fourth-order valence-corrected chi connectivity index (χ4v) is 3.25. The first-order chi connectivity index (χ1) is 12.2. The fourth-order valence-electron chi connectivity index (χ4n) is 2.70. The normalized spacial score (nSPS) is 14.8. The highest BCUT2D eigenvalue weighted by Crippen LogP contribution is 2.19. The monoisotopic (exact) mass is 359 g/mol. The van der Waals surface area contributed by atoms with Crippen molar-refractivity contribution in [2.45, 2.75) is 65.8 Å². The Labute approximate surface area is 158 Å². The molecule has 4 heteroatoms. The third-order valence-electron chi connectivity index (χ3n) is 3.92. The molecule has 0 aromatic heterocycles. The number of aliphatic imine (C=N–C) groups is 2. The van der Waals surface area contributed by atoms with Crippen molar-refractivity contribution in [3.8, 4) is 6.07 Å². The third kappa shape index (κ3) is 8.88. The van der Waals surface area contributed by atoms with E-state index in [0.717, 1.165) is 21.7 Å². The topological polar surface area (TPSA) is 48.5 Å². The predicted molar refractivity (Wildman–Crippen MR) is 114 cm³/mol. The zero-order chi connectivity index (χ0) is 19.1. The lowest BCUT2D eigenvalue weighted by Gasteiger charge is -2.16. The molecule has 0 bridgehead atoms.